The van der Waals surface area contributed by atoms with Crippen molar-refractivity contribution in [2.24, 2.45) is 5.92 Å². The van der Waals surface area contributed by atoms with E-state index in [-0.39, 0.29) is 12.4 Å². The first-order valence-electron chi connectivity index (χ1n) is 6.00. The lowest BCUT2D eigenvalue weighted by Crippen LogP contribution is -2.52. The molecule has 0 aromatic carbocycles. The van der Waals surface area contributed by atoms with E-state index in [4.69, 9.17) is 4.74 Å². The number of rotatable bonds is 2. The Labute approximate surface area is 97.9 Å². The summed E-state index contributed by atoms with van der Waals surface area (Å²) in [7, 11) is 0. The molecule has 2 atom stereocenters. The summed E-state index contributed by atoms with van der Waals surface area (Å²) in [6.45, 7) is 5.62. The van der Waals surface area contributed by atoms with Crippen LogP contribution in [0.15, 0.2) is 0 Å². The Balaban J connectivity index is 0.000000853. The first-order chi connectivity index (χ1) is 6.93. The van der Waals surface area contributed by atoms with Crippen molar-refractivity contribution in [3.05, 3.63) is 0 Å². The highest BCUT2D eigenvalue weighted by Gasteiger charge is 2.37. The van der Waals surface area contributed by atoms with E-state index >= 15 is 0 Å². The highest BCUT2D eigenvalue weighted by molar-refractivity contribution is 5.85. The molecule has 2 saturated heterocycles. The molecule has 1 aliphatic carbocycles. The number of hydrogen-bond acceptors (Lipinski definition) is 3. The second-order valence-corrected chi connectivity index (χ2v) is 4.93. The van der Waals surface area contributed by atoms with Gasteiger partial charge in [0.05, 0.1) is 12.7 Å². The summed E-state index contributed by atoms with van der Waals surface area (Å²) in [6, 6.07) is 0.671. The van der Waals surface area contributed by atoms with Gasteiger partial charge in [0, 0.05) is 32.2 Å². The standard InChI is InChI=1S/C11H20N2O.ClH/c1-2-9(3-1)8-13-4-5-14-11-7-12-6-10(11)13;/h9-12H,1-8H2;1H/t10-,11-;/m1./s1. The number of ether oxygens (including phenoxy) is 1. The van der Waals surface area contributed by atoms with Gasteiger partial charge in [-0.05, 0) is 18.8 Å². The Morgan fingerprint density at radius 2 is 2.13 bits per heavy atom. The van der Waals surface area contributed by atoms with Crippen LogP contribution in [0.25, 0.3) is 0 Å². The van der Waals surface area contributed by atoms with Crippen LogP contribution in [0.3, 0.4) is 0 Å². The second-order valence-electron chi connectivity index (χ2n) is 4.93. The smallest absolute Gasteiger partial charge is 0.0867 e. The number of fused-ring (bicyclic) bond motifs is 1. The zero-order valence-corrected chi connectivity index (χ0v) is 9.97. The minimum absolute atomic E-state index is 0. The van der Waals surface area contributed by atoms with Gasteiger partial charge < -0.3 is 10.1 Å². The van der Waals surface area contributed by atoms with Crippen LogP contribution in [-0.2, 0) is 4.74 Å². The first-order valence-corrected chi connectivity index (χ1v) is 6.00. The second kappa shape index (κ2) is 5.00. The maximum atomic E-state index is 5.76. The summed E-state index contributed by atoms with van der Waals surface area (Å²) in [4.78, 5) is 2.66. The molecule has 3 fully saturated rings. The number of hydrogen-bond donors (Lipinski definition) is 1. The van der Waals surface area contributed by atoms with Crippen LogP contribution < -0.4 is 5.32 Å². The van der Waals surface area contributed by atoms with Crippen LogP contribution in [-0.4, -0.2) is 49.8 Å². The molecule has 3 aliphatic rings. The molecule has 1 saturated carbocycles. The summed E-state index contributed by atoms with van der Waals surface area (Å²) in [6.07, 6.45) is 4.86. The summed E-state index contributed by atoms with van der Waals surface area (Å²) in [5, 5.41) is 3.44. The fourth-order valence-electron chi connectivity index (χ4n) is 2.90. The molecule has 88 valence electrons. The van der Waals surface area contributed by atoms with Gasteiger partial charge in [-0.15, -0.1) is 12.4 Å². The van der Waals surface area contributed by atoms with E-state index in [1.807, 2.05) is 0 Å². The highest BCUT2D eigenvalue weighted by Crippen LogP contribution is 2.29. The molecule has 0 unspecified atom stereocenters. The predicted octanol–water partition coefficient (Wildman–Crippen LogP) is 0.881. The van der Waals surface area contributed by atoms with Crippen molar-refractivity contribution in [1.82, 2.24) is 10.2 Å². The topological polar surface area (TPSA) is 24.5 Å². The molecule has 2 heterocycles. The van der Waals surface area contributed by atoms with Gasteiger partial charge in [-0.2, -0.15) is 0 Å². The van der Waals surface area contributed by atoms with Crippen molar-refractivity contribution in [3.8, 4) is 0 Å². The SMILES string of the molecule is C1CC(CN2CCO[C@@H]3CNC[C@H]32)C1.Cl. The molecule has 3 nitrogen and oxygen atoms in total. The van der Waals surface area contributed by atoms with Gasteiger partial charge in [0.25, 0.3) is 0 Å². The van der Waals surface area contributed by atoms with Crippen molar-refractivity contribution in [2.75, 3.05) is 32.8 Å². The molecule has 3 rings (SSSR count). The van der Waals surface area contributed by atoms with E-state index in [2.05, 4.69) is 10.2 Å². The van der Waals surface area contributed by atoms with Gasteiger partial charge in [-0.25, -0.2) is 0 Å². The fourth-order valence-corrected chi connectivity index (χ4v) is 2.90. The molecule has 0 aromatic rings. The third kappa shape index (κ3) is 2.31. The van der Waals surface area contributed by atoms with Gasteiger partial charge in [-0.3, -0.25) is 4.90 Å². The van der Waals surface area contributed by atoms with Crippen molar-refractivity contribution in [2.45, 2.75) is 31.4 Å². The average molecular weight is 233 g/mol. The van der Waals surface area contributed by atoms with Crippen LogP contribution >= 0.6 is 12.4 Å². The summed E-state index contributed by atoms with van der Waals surface area (Å²) in [5.41, 5.74) is 0. The van der Waals surface area contributed by atoms with Crippen molar-refractivity contribution in [1.29, 1.82) is 0 Å². The van der Waals surface area contributed by atoms with Gasteiger partial charge in [-0.1, -0.05) is 6.42 Å². The van der Waals surface area contributed by atoms with E-state index < -0.39 is 0 Å². The van der Waals surface area contributed by atoms with Crippen LogP contribution in [0.1, 0.15) is 19.3 Å². The lowest BCUT2D eigenvalue weighted by atomic mass is 9.84. The average Bonchev–Trinajstić information content (AvgIpc) is 2.59. The molecule has 1 N–H and O–H groups in total. The van der Waals surface area contributed by atoms with E-state index in [1.165, 1.54) is 25.8 Å². The fraction of sp³-hybridized carbons (Fsp3) is 1.00. The van der Waals surface area contributed by atoms with E-state index in [0.717, 1.165) is 32.2 Å². The van der Waals surface area contributed by atoms with E-state index in [9.17, 15) is 0 Å². The zero-order valence-electron chi connectivity index (χ0n) is 9.15. The molecule has 0 spiro atoms. The molecule has 0 bridgehead atoms. The van der Waals surface area contributed by atoms with Crippen LogP contribution in [0.2, 0.25) is 0 Å². The molecule has 0 radical (unpaired) electrons. The third-order valence-electron chi connectivity index (χ3n) is 4.03. The lowest BCUT2D eigenvalue weighted by Gasteiger charge is -2.40. The molecular weight excluding hydrogens is 212 g/mol. The van der Waals surface area contributed by atoms with Crippen molar-refractivity contribution in [3.63, 3.8) is 0 Å². The van der Waals surface area contributed by atoms with Crippen molar-refractivity contribution >= 4 is 12.4 Å². The van der Waals surface area contributed by atoms with Gasteiger partial charge in [0.1, 0.15) is 0 Å². The molecular formula is C11H21ClN2O. The van der Waals surface area contributed by atoms with Gasteiger partial charge >= 0.3 is 0 Å². The minimum atomic E-state index is 0. The zero-order chi connectivity index (χ0) is 9.38. The van der Waals surface area contributed by atoms with Crippen LogP contribution in [0.4, 0.5) is 0 Å². The van der Waals surface area contributed by atoms with E-state index in [1.54, 1.807) is 0 Å². The number of nitrogens with zero attached hydrogens (tertiary/aromatic N) is 1. The number of nitrogens with one attached hydrogen (secondary N) is 1. The molecule has 2 aliphatic heterocycles. The monoisotopic (exact) mass is 232 g/mol. The summed E-state index contributed by atoms with van der Waals surface area (Å²) >= 11 is 0. The quantitative estimate of drug-likeness (QED) is 0.765. The van der Waals surface area contributed by atoms with Crippen molar-refractivity contribution < 1.29 is 4.74 Å². The lowest BCUT2D eigenvalue weighted by molar-refractivity contribution is -0.0552. The summed E-state index contributed by atoms with van der Waals surface area (Å²) in [5.74, 6) is 0.995. The van der Waals surface area contributed by atoms with Crippen LogP contribution in [0.5, 0.6) is 0 Å². The number of halogens is 1. The van der Waals surface area contributed by atoms with Gasteiger partial charge in [0.15, 0.2) is 0 Å². The minimum Gasteiger partial charge on any atom is -0.374 e. The van der Waals surface area contributed by atoms with Gasteiger partial charge in [0.2, 0.25) is 0 Å². The Hall–Kier alpha value is 0.170. The molecule has 0 aromatic heterocycles. The normalized spacial score (nSPS) is 36.8. The largest absolute Gasteiger partial charge is 0.374 e. The van der Waals surface area contributed by atoms with E-state index in [0.29, 0.717) is 12.1 Å². The predicted molar refractivity (Wildman–Crippen MR) is 62.6 cm³/mol. The maximum absolute atomic E-state index is 5.76. The third-order valence-corrected chi connectivity index (χ3v) is 4.03. The first kappa shape index (κ1) is 11.6. The Morgan fingerprint density at radius 3 is 2.87 bits per heavy atom. The Morgan fingerprint density at radius 1 is 1.27 bits per heavy atom. The summed E-state index contributed by atoms with van der Waals surface area (Å²) < 4.78 is 5.76. The molecule has 0 amide bonds. The Bertz CT molecular complexity index is 211. The number of morpholine rings is 1. The Kier molecular flexibility index (Phi) is 3.88. The molecule has 15 heavy (non-hydrogen) atoms. The molecule has 4 heteroatoms. The maximum Gasteiger partial charge on any atom is 0.0867 e. The van der Waals surface area contributed by atoms with Crippen LogP contribution in [0, 0.1) is 5.92 Å². The highest BCUT2D eigenvalue weighted by atomic mass is 35.5.